The molecule has 4 N–H and O–H groups in total. The van der Waals surface area contributed by atoms with Gasteiger partial charge in [-0.25, -0.2) is 4.79 Å². The molecule has 0 heterocycles. The molecular weight excluding hydrogens is 252 g/mol. The number of anilines is 1. The topological polar surface area (TPSA) is 70.4 Å². The van der Waals surface area contributed by atoms with E-state index in [0.29, 0.717) is 6.54 Å². The van der Waals surface area contributed by atoms with E-state index in [1.165, 1.54) is 0 Å². The van der Waals surface area contributed by atoms with Gasteiger partial charge in [-0.15, -0.1) is 0 Å². The van der Waals surface area contributed by atoms with Crippen LogP contribution >= 0.6 is 0 Å². The summed E-state index contributed by atoms with van der Waals surface area (Å²) >= 11 is 0. The highest BCUT2D eigenvalue weighted by Gasteiger charge is 2.02. The second kappa shape index (κ2) is 8.55. The molecule has 2 amide bonds. The van der Waals surface area contributed by atoms with Crippen molar-refractivity contribution in [3.63, 3.8) is 0 Å². The number of benzene rings is 1. The Bertz CT molecular complexity index is 401. The summed E-state index contributed by atoms with van der Waals surface area (Å²) in [5, 5.41) is 5.66. The lowest BCUT2D eigenvalue weighted by Gasteiger charge is -2.11. The third-order valence-corrected chi connectivity index (χ3v) is 3.01. The maximum atomic E-state index is 11.7. The molecule has 5 heteroatoms. The summed E-state index contributed by atoms with van der Waals surface area (Å²) in [6, 6.07) is 7.43. The Morgan fingerprint density at radius 2 is 1.90 bits per heavy atom. The Balaban J connectivity index is 2.25. The van der Waals surface area contributed by atoms with E-state index in [1.807, 2.05) is 45.3 Å². The van der Waals surface area contributed by atoms with Crippen molar-refractivity contribution in [1.82, 2.24) is 10.2 Å². The summed E-state index contributed by atoms with van der Waals surface area (Å²) < 4.78 is 0. The Kier molecular flexibility index (Phi) is 7.04. The van der Waals surface area contributed by atoms with E-state index in [4.69, 9.17) is 5.73 Å². The number of carbonyl (C=O) groups excluding carboxylic acids is 1. The summed E-state index contributed by atoms with van der Waals surface area (Å²) in [7, 11) is 4.10. The van der Waals surface area contributed by atoms with Crippen LogP contribution in [-0.2, 0) is 0 Å². The van der Waals surface area contributed by atoms with Crippen molar-refractivity contribution in [3.05, 3.63) is 29.8 Å². The van der Waals surface area contributed by atoms with Crippen LogP contribution in [0.4, 0.5) is 10.5 Å². The molecule has 1 rings (SSSR count). The molecule has 1 atom stereocenters. The van der Waals surface area contributed by atoms with E-state index in [9.17, 15) is 4.79 Å². The molecule has 0 bridgehead atoms. The lowest BCUT2D eigenvalue weighted by molar-refractivity contribution is 0.251. The molecule has 1 aromatic rings. The summed E-state index contributed by atoms with van der Waals surface area (Å²) in [4.78, 5) is 13.8. The number of nitrogens with two attached hydrogens (primary N) is 1. The Hall–Kier alpha value is -1.59. The van der Waals surface area contributed by atoms with Crippen LogP contribution in [0.1, 0.15) is 31.4 Å². The highest BCUT2D eigenvalue weighted by Crippen LogP contribution is 2.13. The van der Waals surface area contributed by atoms with Gasteiger partial charge in [-0.1, -0.05) is 12.1 Å². The van der Waals surface area contributed by atoms with Crippen LogP contribution < -0.4 is 16.4 Å². The van der Waals surface area contributed by atoms with Crippen LogP contribution in [0.2, 0.25) is 0 Å². The zero-order valence-electron chi connectivity index (χ0n) is 12.6. The number of unbranched alkanes of at least 4 members (excludes halogenated alkanes) is 1. The predicted molar refractivity (Wildman–Crippen MR) is 83.9 cm³/mol. The van der Waals surface area contributed by atoms with Crippen molar-refractivity contribution >= 4 is 11.7 Å². The van der Waals surface area contributed by atoms with E-state index in [2.05, 4.69) is 15.5 Å². The molecule has 0 saturated heterocycles. The molecule has 1 aromatic carbocycles. The second-order valence-corrected chi connectivity index (χ2v) is 5.30. The summed E-state index contributed by atoms with van der Waals surface area (Å²) in [5.41, 5.74) is 7.61. The second-order valence-electron chi connectivity index (χ2n) is 5.30. The Morgan fingerprint density at radius 1 is 1.25 bits per heavy atom. The fourth-order valence-corrected chi connectivity index (χ4v) is 1.80. The maximum absolute atomic E-state index is 11.7. The molecule has 0 radical (unpaired) electrons. The van der Waals surface area contributed by atoms with Crippen LogP contribution in [0, 0.1) is 0 Å². The lowest BCUT2D eigenvalue weighted by Crippen LogP contribution is -2.29. The fourth-order valence-electron chi connectivity index (χ4n) is 1.80. The number of amides is 2. The van der Waals surface area contributed by atoms with Crippen molar-refractivity contribution in [3.8, 4) is 0 Å². The van der Waals surface area contributed by atoms with Gasteiger partial charge in [0.2, 0.25) is 0 Å². The molecule has 0 aliphatic rings. The van der Waals surface area contributed by atoms with Gasteiger partial charge in [-0.3, -0.25) is 0 Å². The molecule has 0 fully saturated rings. The smallest absolute Gasteiger partial charge is 0.319 e. The number of rotatable bonds is 7. The molecule has 5 nitrogen and oxygen atoms in total. The number of hydrogen-bond acceptors (Lipinski definition) is 3. The summed E-state index contributed by atoms with van der Waals surface area (Å²) in [6.45, 7) is 3.67. The van der Waals surface area contributed by atoms with Gasteiger partial charge in [0.05, 0.1) is 0 Å². The molecule has 1 unspecified atom stereocenters. The van der Waals surface area contributed by atoms with Gasteiger partial charge >= 0.3 is 6.03 Å². The van der Waals surface area contributed by atoms with Gasteiger partial charge in [0, 0.05) is 18.3 Å². The van der Waals surface area contributed by atoms with Crippen molar-refractivity contribution in [2.45, 2.75) is 25.8 Å². The number of urea groups is 1. The minimum absolute atomic E-state index is 0.00886. The number of nitrogens with one attached hydrogen (secondary N) is 2. The lowest BCUT2D eigenvalue weighted by atomic mass is 10.1. The molecule has 0 aromatic heterocycles. The number of hydrogen-bond donors (Lipinski definition) is 3. The van der Waals surface area contributed by atoms with Gasteiger partial charge in [0.1, 0.15) is 0 Å². The average Bonchev–Trinajstić information content (AvgIpc) is 2.38. The van der Waals surface area contributed by atoms with Crippen molar-refractivity contribution < 1.29 is 4.79 Å². The van der Waals surface area contributed by atoms with Crippen molar-refractivity contribution in [2.24, 2.45) is 5.73 Å². The molecule has 0 saturated carbocycles. The van der Waals surface area contributed by atoms with Crippen LogP contribution in [0.25, 0.3) is 0 Å². The minimum Gasteiger partial charge on any atom is -0.338 e. The van der Waals surface area contributed by atoms with E-state index in [-0.39, 0.29) is 12.1 Å². The Labute approximate surface area is 121 Å². The van der Waals surface area contributed by atoms with E-state index >= 15 is 0 Å². The SMILES string of the molecule is CC(N)c1ccc(NC(=O)NCCCCN(C)C)cc1. The minimum atomic E-state index is -0.164. The number of nitrogens with zero attached hydrogens (tertiary/aromatic N) is 1. The highest BCUT2D eigenvalue weighted by molar-refractivity contribution is 5.89. The predicted octanol–water partition coefficient (Wildman–Crippen LogP) is 2.17. The third-order valence-electron chi connectivity index (χ3n) is 3.01. The zero-order valence-corrected chi connectivity index (χ0v) is 12.6. The van der Waals surface area contributed by atoms with Gasteiger partial charge in [0.15, 0.2) is 0 Å². The first-order valence-electron chi connectivity index (χ1n) is 7.04. The molecule has 0 spiro atoms. The van der Waals surface area contributed by atoms with Crippen molar-refractivity contribution in [1.29, 1.82) is 0 Å². The van der Waals surface area contributed by atoms with E-state index < -0.39 is 0 Å². The van der Waals surface area contributed by atoms with E-state index in [0.717, 1.165) is 30.6 Å². The zero-order chi connectivity index (χ0) is 15.0. The first kappa shape index (κ1) is 16.5. The first-order valence-corrected chi connectivity index (χ1v) is 7.04. The first-order chi connectivity index (χ1) is 9.49. The monoisotopic (exact) mass is 278 g/mol. The standard InChI is InChI=1S/C15H26N4O/c1-12(16)13-6-8-14(9-7-13)18-15(20)17-10-4-5-11-19(2)3/h6-9,12H,4-5,10-11,16H2,1-3H3,(H2,17,18,20). The van der Waals surface area contributed by atoms with Gasteiger partial charge in [-0.05, 0) is 58.1 Å². The van der Waals surface area contributed by atoms with Gasteiger partial charge in [0.25, 0.3) is 0 Å². The van der Waals surface area contributed by atoms with E-state index in [1.54, 1.807) is 0 Å². The summed E-state index contributed by atoms with van der Waals surface area (Å²) in [5.74, 6) is 0. The van der Waals surface area contributed by atoms with Crippen LogP contribution in [0.15, 0.2) is 24.3 Å². The fraction of sp³-hybridized carbons (Fsp3) is 0.533. The average molecular weight is 278 g/mol. The van der Waals surface area contributed by atoms with Gasteiger partial charge in [-0.2, -0.15) is 0 Å². The highest BCUT2D eigenvalue weighted by atomic mass is 16.2. The van der Waals surface area contributed by atoms with Crippen molar-refractivity contribution in [2.75, 3.05) is 32.5 Å². The van der Waals surface area contributed by atoms with Crippen LogP contribution in [-0.4, -0.2) is 38.1 Å². The largest absolute Gasteiger partial charge is 0.338 e. The summed E-state index contributed by atoms with van der Waals surface area (Å²) in [6.07, 6.45) is 2.06. The quantitative estimate of drug-likeness (QED) is 0.669. The molecule has 0 aliphatic heterocycles. The van der Waals surface area contributed by atoms with Gasteiger partial charge < -0.3 is 21.3 Å². The van der Waals surface area contributed by atoms with Crippen LogP contribution in [0.5, 0.6) is 0 Å². The third kappa shape index (κ3) is 6.54. The molecule has 20 heavy (non-hydrogen) atoms. The normalized spacial score (nSPS) is 12.2. The molecule has 112 valence electrons. The molecular formula is C15H26N4O. The maximum Gasteiger partial charge on any atom is 0.319 e. The number of carbonyl (C=O) groups is 1. The molecule has 0 aliphatic carbocycles. The Morgan fingerprint density at radius 3 is 2.45 bits per heavy atom. The van der Waals surface area contributed by atoms with Crippen LogP contribution in [0.3, 0.4) is 0 Å².